The zero-order chi connectivity index (χ0) is 12.3. The summed E-state index contributed by atoms with van der Waals surface area (Å²) in [6.07, 6.45) is 0.932. The second-order valence-corrected chi connectivity index (χ2v) is 4.25. The van der Waals surface area contributed by atoms with Crippen molar-refractivity contribution in [1.82, 2.24) is 5.32 Å². The third-order valence-corrected chi connectivity index (χ3v) is 3.08. The highest BCUT2D eigenvalue weighted by molar-refractivity contribution is 5.89. The predicted octanol–water partition coefficient (Wildman–Crippen LogP) is 1.24. The molecular weight excluding hydrogens is 218 g/mol. The molecule has 0 bridgehead atoms. The van der Waals surface area contributed by atoms with Gasteiger partial charge in [-0.2, -0.15) is 0 Å². The molecule has 1 aromatic rings. The molecule has 0 unspecified atom stereocenters. The zero-order valence-electron chi connectivity index (χ0n) is 10.2. The van der Waals surface area contributed by atoms with E-state index in [-0.39, 0.29) is 5.97 Å². The molecule has 4 heteroatoms. The smallest absolute Gasteiger partial charge is 0.337 e. The summed E-state index contributed by atoms with van der Waals surface area (Å²) in [4.78, 5) is 11.5. The number of methoxy groups -OCH3 is 2. The SMILES string of the molecule is COC(=O)c1ccc(OC)c(CC2CNC2)c1. The van der Waals surface area contributed by atoms with Gasteiger partial charge in [-0.1, -0.05) is 0 Å². The Morgan fingerprint density at radius 1 is 1.41 bits per heavy atom. The largest absolute Gasteiger partial charge is 0.496 e. The second kappa shape index (κ2) is 5.19. The van der Waals surface area contributed by atoms with Crippen molar-refractivity contribution in [2.45, 2.75) is 6.42 Å². The summed E-state index contributed by atoms with van der Waals surface area (Å²) in [5, 5.41) is 3.24. The van der Waals surface area contributed by atoms with Crippen molar-refractivity contribution >= 4 is 5.97 Å². The average molecular weight is 235 g/mol. The van der Waals surface area contributed by atoms with E-state index in [1.54, 1.807) is 13.2 Å². The van der Waals surface area contributed by atoms with Crippen LogP contribution in [0.2, 0.25) is 0 Å². The van der Waals surface area contributed by atoms with Crippen molar-refractivity contribution in [3.63, 3.8) is 0 Å². The summed E-state index contributed by atoms with van der Waals surface area (Å²) in [7, 11) is 3.04. The molecule has 0 radical (unpaired) electrons. The second-order valence-electron chi connectivity index (χ2n) is 4.25. The molecule has 0 aliphatic carbocycles. The van der Waals surface area contributed by atoms with Gasteiger partial charge in [0.1, 0.15) is 5.75 Å². The first kappa shape index (κ1) is 11.9. The Kier molecular flexibility index (Phi) is 3.64. The molecule has 0 saturated carbocycles. The summed E-state index contributed by atoms with van der Waals surface area (Å²) in [6, 6.07) is 5.42. The highest BCUT2D eigenvalue weighted by Gasteiger charge is 2.20. The number of hydrogen-bond donors (Lipinski definition) is 1. The maximum Gasteiger partial charge on any atom is 0.337 e. The Balaban J connectivity index is 2.22. The Bertz CT molecular complexity index is 413. The predicted molar refractivity (Wildman–Crippen MR) is 64.4 cm³/mol. The van der Waals surface area contributed by atoms with E-state index in [2.05, 4.69) is 5.32 Å². The molecule has 0 atom stereocenters. The summed E-state index contributed by atoms with van der Waals surface area (Å²) < 4.78 is 10.0. The van der Waals surface area contributed by atoms with Crippen molar-refractivity contribution in [2.75, 3.05) is 27.3 Å². The lowest BCUT2D eigenvalue weighted by Gasteiger charge is -2.27. The van der Waals surface area contributed by atoms with E-state index in [9.17, 15) is 4.79 Å². The third-order valence-electron chi connectivity index (χ3n) is 3.08. The lowest BCUT2D eigenvalue weighted by atomic mass is 9.93. The Morgan fingerprint density at radius 3 is 2.71 bits per heavy atom. The highest BCUT2D eigenvalue weighted by Crippen LogP contribution is 2.24. The van der Waals surface area contributed by atoms with Crippen LogP contribution in [0.15, 0.2) is 18.2 Å². The quantitative estimate of drug-likeness (QED) is 0.798. The van der Waals surface area contributed by atoms with Gasteiger partial charge < -0.3 is 14.8 Å². The summed E-state index contributed by atoms with van der Waals surface area (Å²) in [6.45, 7) is 2.07. The van der Waals surface area contributed by atoms with Crippen LogP contribution in [0.4, 0.5) is 0 Å². The fourth-order valence-corrected chi connectivity index (χ4v) is 1.99. The number of esters is 1. The monoisotopic (exact) mass is 235 g/mol. The number of carbonyl (C=O) groups excluding carboxylic acids is 1. The maximum absolute atomic E-state index is 11.5. The number of rotatable bonds is 4. The Hall–Kier alpha value is -1.55. The minimum absolute atomic E-state index is 0.305. The molecule has 1 heterocycles. The van der Waals surface area contributed by atoms with Crippen LogP contribution in [0.25, 0.3) is 0 Å². The molecule has 4 nitrogen and oxygen atoms in total. The first-order valence-corrected chi connectivity index (χ1v) is 5.70. The number of nitrogens with one attached hydrogen (secondary N) is 1. The summed E-state index contributed by atoms with van der Waals surface area (Å²) >= 11 is 0. The van der Waals surface area contributed by atoms with Gasteiger partial charge >= 0.3 is 5.97 Å². The van der Waals surface area contributed by atoms with Gasteiger partial charge in [-0.05, 0) is 49.2 Å². The van der Waals surface area contributed by atoms with E-state index in [1.807, 2.05) is 12.1 Å². The molecule has 0 amide bonds. The van der Waals surface area contributed by atoms with Gasteiger partial charge in [0, 0.05) is 0 Å². The molecule has 0 aromatic heterocycles. The Morgan fingerprint density at radius 2 is 2.18 bits per heavy atom. The first-order chi connectivity index (χ1) is 8.24. The van der Waals surface area contributed by atoms with Crippen LogP contribution in [0.3, 0.4) is 0 Å². The fourth-order valence-electron chi connectivity index (χ4n) is 1.99. The molecule has 1 fully saturated rings. The molecule has 1 aliphatic heterocycles. The van der Waals surface area contributed by atoms with Crippen molar-refractivity contribution in [1.29, 1.82) is 0 Å². The van der Waals surface area contributed by atoms with Gasteiger partial charge in [0.2, 0.25) is 0 Å². The van der Waals surface area contributed by atoms with Crippen LogP contribution in [0.1, 0.15) is 15.9 Å². The average Bonchev–Trinajstić information content (AvgIpc) is 2.32. The Labute approximate surface area is 101 Å². The lowest BCUT2D eigenvalue weighted by molar-refractivity contribution is 0.0600. The first-order valence-electron chi connectivity index (χ1n) is 5.70. The topological polar surface area (TPSA) is 47.6 Å². The normalized spacial score (nSPS) is 15.2. The van der Waals surface area contributed by atoms with E-state index in [4.69, 9.17) is 9.47 Å². The minimum atomic E-state index is -0.305. The molecule has 1 N–H and O–H groups in total. The van der Waals surface area contributed by atoms with Crippen LogP contribution >= 0.6 is 0 Å². The standard InChI is InChI=1S/C13H17NO3/c1-16-12-4-3-10(13(15)17-2)6-11(12)5-9-7-14-8-9/h3-4,6,9,14H,5,7-8H2,1-2H3. The van der Waals surface area contributed by atoms with E-state index >= 15 is 0 Å². The van der Waals surface area contributed by atoms with E-state index < -0.39 is 0 Å². The van der Waals surface area contributed by atoms with Crippen molar-refractivity contribution < 1.29 is 14.3 Å². The van der Waals surface area contributed by atoms with Crippen LogP contribution < -0.4 is 10.1 Å². The molecule has 1 aliphatic rings. The van der Waals surface area contributed by atoms with Crippen molar-refractivity contribution in [3.05, 3.63) is 29.3 Å². The van der Waals surface area contributed by atoms with Crippen LogP contribution in [0.5, 0.6) is 5.75 Å². The van der Waals surface area contributed by atoms with Crippen LogP contribution in [-0.4, -0.2) is 33.3 Å². The van der Waals surface area contributed by atoms with E-state index in [0.29, 0.717) is 11.5 Å². The van der Waals surface area contributed by atoms with Gasteiger partial charge in [0.15, 0.2) is 0 Å². The van der Waals surface area contributed by atoms with Crippen LogP contribution in [0, 0.1) is 5.92 Å². The van der Waals surface area contributed by atoms with E-state index in [0.717, 1.165) is 30.8 Å². The van der Waals surface area contributed by atoms with Gasteiger partial charge in [-0.3, -0.25) is 0 Å². The lowest BCUT2D eigenvalue weighted by Crippen LogP contribution is -2.43. The third kappa shape index (κ3) is 2.58. The zero-order valence-corrected chi connectivity index (χ0v) is 10.2. The van der Waals surface area contributed by atoms with E-state index in [1.165, 1.54) is 7.11 Å². The van der Waals surface area contributed by atoms with Crippen molar-refractivity contribution in [3.8, 4) is 5.75 Å². The molecule has 1 aromatic carbocycles. The molecule has 2 rings (SSSR count). The molecular formula is C13H17NO3. The summed E-state index contributed by atoms with van der Waals surface area (Å²) in [5.41, 5.74) is 1.65. The summed E-state index contributed by atoms with van der Waals surface area (Å²) in [5.74, 6) is 1.17. The molecule has 17 heavy (non-hydrogen) atoms. The van der Waals surface area contributed by atoms with Crippen molar-refractivity contribution in [2.24, 2.45) is 5.92 Å². The number of benzene rings is 1. The van der Waals surface area contributed by atoms with Gasteiger partial charge in [0.25, 0.3) is 0 Å². The van der Waals surface area contributed by atoms with Gasteiger partial charge in [0.05, 0.1) is 19.8 Å². The van der Waals surface area contributed by atoms with Gasteiger partial charge in [-0.25, -0.2) is 4.79 Å². The fraction of sp³-hybridized carbons (Fsp3) is 0.462. The maximum atomic E-state index is 11.5. The number of carbonyl (C=O) groups is 1. The molecule has 0 spiro atoms. The number of ether oxygens (including phenoxy) is 2. The minimum Gasteiger partial charge on any atom is -0.496 e. The molecule has 1 saturated heterocycles. The highest BCUT2D eigenvalue weighted by atomic mass is 16.5. The van der Waals surface area contributed by atoms with Crippen LogP contribution in [-0.2, 0) is 11.2 Å². The van der Waals surface area contributed by atoms with Gasteiger partial charge in [-0.15, -0.1) is 0 Å². The number of hydrogen-bond acceptors (Lipinski definition) is 4. The molecule has 92 valence electrons.